The number of phenols is 1. The monoisotopic (exact) mass is 266 g/mol. The Morgan fingerprint density at radius 1 is 1.58 bits per heavy atom. The van der Waals surface area contributed by atoms with Crippen LogP contribution in [0, 0.1) is 5.82 Å². The second kappa shape index (κ2) is 6.02. The second-order valence-electron chi connectivity index (χ2n) is 4.78. The van der Waals surface area contributed by atoms with Gasteiger partial charge in [-0.15, -0.1) is 0 Å². The van der Waals surface area contributed by atoms with Gasteiger partial charge in [0, 0.05) is 19.1 Å². The van der Waals surface area contributed by atoms with Crippen LogP contribution in [0.3, 0.4) is 0 Å². The lowest BCUT2D eigenvalue weighted by molar-refractivity contribution is 0.0684. The Kier molecular flexibility index (Phi) is 4.37. The van der Waals surface area contributed by atoms with E-state index in [0.29, 0.717) is 6.54 Å². The number of nitrogens with one attached hydrogen (secondary N) is 1. The van der Waals surface area contributed by atoms with E-state index in [4.69, 9.17) is 0 Å². The van der Waals surface area contributed by atoms with Crippen molar-refractivity contribution in [2.24, 2.45) is 0 Å². The molecule has 0 bridgehead atoms. The maximum absolute atomic E-state index is 13.8. The lowest BCUT2D eigenvalue weighted by Gasteiger charge is -2.28. The predicted molar refractivity (Wildman–Crippen MR) is 70.7 cm³/mol. The number of aromatic hydroxyl groups is 1. The van der Waals surface area contributed by atoms with Gasteiger partial charge in [0.25, 0.3) is 5.91 Å². The van der Waals surface area contributed by atoms with Gasteiger partial charge in [-0.1, -0.05) is 13.0 Å². The number of carbonyl (C=O) groups is 1. The maximum Gasteiger partial charge on any atom is 0.260 e. The number of hydrogen-bond acceptors (Lipinski definition) is 3. The van der Waals surface area contributed by atoms with E-state index in [1.165, 1.54) is 18.2 Å². The summed E-state index contributed by atoms with van der Waals surface area (Å²) in [5.41, 5.74) is -0.220. The van der Waals surface area contributed by atoms with Gasteiger partial charge in [-0.05, 0) is 31.5 Å². The summed E-state index contributed by atoms with van der Waals surface area (Å²) in [4.78, 5) is 14.1. The molecule has 2 N–H and O–H groups in total. The van der Waals surface area contributed by atoms with Crippen LogP contribution >= 0.6 is 0 Å². The molecule has 0 aliphatic carbocycles. The molecule has 0 aromatic heterocycles. The fraction of sp³-hybridized carbons (Fsp3) is 0.500. The Hall–Kier alpha value is -1.62. The molecule has 1 aliphatic heterocycles. The molecule has 19 heavy (non-hydrogen) atoms. The molecule has 1 aromatic carbocycles. The van der Waals surface area contributed by atoms with Crippen LogP contribution in [0.1, 0.15) is 30.1 Å². The Labute approximate surface area is 112 Å². The molecule has 2 rings (SSSR count). The first kappa shape index (κ1) is 13.8. The summed E-state index contributed by atoms with van der Waals surface area (Å²) in [6.45, 7) is 4.13. The van der Waals surface area contributed by atoms with Crippen LogP contribution in [0.5, 0.6) is 5.75 Å². The smallest absolute Gasteiger partial charge is 0.260 e. The third-order valence-electron chi connectivity index (χ3n) is 3.41. The molecule has 1 unspecified atom stereocenters. The van der Waals surface area contributed by atoms with Crippen molar-refractivity contribution in [3.8, 4) is 5.75 Å². The van der Waals surface area contributed by atoms with Gasteiger partial charge >= 0.3 is 0 Å². The van der Waals surface area contributed by atoms with Gasteiger partial charge in [-0.25, -0.2) is 4.39 Å². The SMILES string of the molecule is CCCN(C(=O)c1c(O)cccc1F)C1CCNC1. The number of carbonyl (C=O) groups excluding carboxylic acids is 1. The molecule has 1 heterocycles. The van der Waals surface area contributed by atoms with Crippen LogP contribution in [0.4, 0.5) is 4.39 Å². The Balaban J connectivity index is 2.28. The molecule has 4 nitrogen and oxygen atoms in total. The molecule has 1 fully saturated rings. The van der Waals surface area contributed by atoms with Crippen molar-refractivity contribution in [3.63, 3.8) is 0 Å². The number of halogens is 1. The Bertz CT molecular complexity index is 439. The zero-order valence-electron chi connectivity index (χ0n) is 11.0. The molecule has 104 valence electrons. The number of rotatable bonds is 4. The van der Waals surface area contributed by atoms with E-state index in [0.717, 1.165) is 25.9 Å². The van der Waals surface area contributed by atoms with E-state index in [1.54, 1.807) is 4.90 Å². The Morgan fingerprint density at radius 3 is 2.95 bits per heavy atom. The topological polar surface area (TPSA) is 52.6 Å². The maximum atomic E-state index is 13.8. The highest BCUT2D eigenvalue weighted by atomic mass is 19.1. The zero-order valence-corrected chi connectivity index (χ0v) is 11.0. The molecule has 5 heteroatoms. The van der Waals surface area contributed by atoms with E-state index < -0.39 is 11.7 Å². The molecular weight excluding hydrogens is 247 g/mol. The van der Waals surface area contributed by atoms with Crippen LogP contribution in [0.2, 0.25) is 0 Å². The largest absolute Gasteiger partial charge is 0.507 e. The fourth-order valence-corrected chi connectivity index (χ4v) is 2.46. The molecule has 1 amide bonds. The summed E-state index contributed by atoms with van der Waals surface area (Å²) in [5, 5.41) is 12.9. The van der Waals surface area contributed by atoms with E-state index in [1.807, 2.05) is 6.92 Å². The van der Waals surface area contributed by atoms with Crippen LogP contribution in [0.25, 0.3) is 0 Å². The Morgan fingerprint density at radius 2 is 2.37 bits per heavy atom. The van der Waals surface area contributed by atoms with Gasteiger partial charge in [-0.2, -0.15) is 0 Å². The summed E-state index contributed by atoms with van der Waals surface area (Å²) in [6, 6.07) is 4.01. The number of hydrogen-bond donors (Lipinski definition) is 2. The van der Waals surface area contributed by atoms with Crippen molar-refractivity contribution in [1.82, 2.24) is 10.2 Å². The van der Waals surface area contributed by atoms with Crippen molar-refractivity contribution < 1.29 is 14.3 Å². The molecule has 1 aliphatic rings. The molecule has 1 aromatic rings. The summed E-state index contributed by atoms with van der Waals surface area (Å²) in [6.07, 6.45) is 1.67. The van der Waals surface area contributed by atoms with Gasteiger partial charge in [0.15, 0.2) is 0 Å². The second-order valence-corrected chi connectivity index (χ2v) is 4.78. The standard InChI is InChI=1S/C14H19FN2O2/c1-2-8-17(10-6-7-16-9-10)14(19)13-11(15)4-3-5-12(13)18/h3-5,10,16,18H,2,6-9H2,1H3. The van der Waals surface area contributed by atoms with Crippen LogP contribution in [0.15, 0.2) is 18.2 Å². The number of benzene rings is 1. The summed E-state index contributed by atoms with van der Waals surface area (Å²) in [7, 11) is 0. The lowest BCUT2D eigenvalue weighted by atomic mass is 10.1. The average Bonchev–Trinajstić information content (AvgIpc) is 2.89. The minimum absolute atomic E-state index is 0.0754. The first-order chi connectivity index (χ1) is 9.15. The molecule has 0 radical (unpaired) electrons. The predicted octanol–water partition coefficient (Wildman–Crippen LogP) is 1.75. The fourth-order valence-electron chi connectivity index (χ4n) is 2.46. The first-order valence-corrected chi connectivity index (χ1v) is 6.64. The number of phenolic OH excluding ortho intramolecular Hbond substituents is 1. The van der Waals surface area contributed by atoms with E-state index in [2.05, 4.69) is 5.32 Å². The number of nitrogens with zero attached hydrogens (tertiary/aromatic N) is 1. The molecular formula is C14H19FN2O2. The van der Waals surface area contributed by atoms with Crippen molar-refractivity contribution >= 4 is 5.91 Å². The highest BCUT2D eigenvalue weighted by Crippen LogP contribution is 2.23. The normalized spacial score (nSPS) is 18.5. The molecule has 1 atom stereocenters. The molecule has 1 saturated heterocycles. The van der Waals surface area contributed by atoms with Gasteiger partial charge in [-0.3, -0.25) is 4.79 Å². The van der Waals surface area contributed by atoms with Crippen LogP contribution < -0.4 is 5.32 Å². The van der Waals surface area contributed by atoms with E-state index >= 15 is 0 Å². The van der Waals surface area contributed by atoms with E-state index in [-0.39, 0.29) is 17.4 Å². The van der Waals surface area contributed by atoms with Gasteiger partial charge < -0.3 is 15.3 Å². The summed E-state index contributed by atoms with van der Waals surface area (Å²) in [5.74, 6) is -1.39. The van der Waals surface area contributed by atoms with Gasteiger partial charge in [0.2, 0.25) is 0 Å². The third-order valence-corrected chi connectivity index (χ3v) is 3.41. The highest BCUT2D eigenvalue weighted by Gasteiger charge is 2.29. The molecule has 0 spiro atoms. The molecule has 0 saturated carbocycles. The zero-order chi connectivity index (χ0) is 13.8. The van der Waals surface area contributed by atoms with E-state index in [9.17, 15) is 14.3 Å². The van der Waals surface area contributed by atoms with Crippen molar-refractivity contribution in [2.45, 2.75) is 25.8 Å². The third kappa shape index (κ3) is 2.87. The minimum atomic E-state index is -0.669. The summed E-state index contributed by atoms with van der Waals surface area (Å²) < 4.78 is 13.8. The quantitative estimate of drug-likeness (QED) is 0.873. The van der Waals surface area contributed by atoms with Crippen molar-refractivity contribution in [3.05, 3.63) is 29.6 Å². The lowest BCUT2D eigenvalue weighted by Crippen LogP contribution is -2.42. The van der Waals surface area contributed by atoms with Crippen molar-refractivity contribution in [2.75, 3.05) is 19.6 Å². The highest BCUT2D eigenvalue weighted by molar-refractivity contribution is 5.97. The number of amides is 1. The minimum Gasteiger partial charge on any atom is -0.507 e. The van der Waals surface area contributed by atoms with Crippen LogP contribution in [-0.4, -0.2) is 41.6 Å². The first-order valence-electron chi connectivity index (χ1n) is 6.64. The van der Waals surface area contributed by atoms with Gasteiger partial charge in [0.05, 0.1) is 0 Å². The summed E-state index contributed by atoms with van der Waals surface area (Å²) >= 11 is 0. The van der Waals surface area contributed by atoms with Crippen molar-refractivity contribution in [1.29, 1.82) is 0 Å². The van der Waals surface area contributed by atoms with Gasteiger partial charge in [0.1, 0.15) is 17.1 Å². The van der Waals surface area contributed by atoms with Crippen LogP contribution in [-0.2, 0) is 0 Å². The average molecular weight is 266 g/mol.